The van der Waals surface area contributed by atoms with Crippen molar-refractivity contribution in [2.24, 2.45) is 5.73 Å². The summed E-state index contributed by atoms with van der Waals surface area (Å²) in [7, 11) is 1.62. The Hall–Kier alpha value is -1.59. The molecule has 1 unspecified atom stereocenters. The van der Waals surface area contributed by atoms with Crippen molar-refractivity contribution in [2.45, 2.75) is 12.5 Å². The first-order valence-electron chi connectivity index (χ1n) is 6.48. The fourth-order valence-corrected chi connectivity index (χ4v) is 2.21. The zero-order valence-electron chi connectivity index (χ0n) is 11.2. The molecule has 0 aromatic heterocycles. The molecule has 1 heterocycles. The molecule has 1 amide bonds. The van der Waals surface area contributed by atoms with Crippen LogP contribution in [-0.2, 0) is 16.0 Å². The highest BCUT2D eigenvalue weighted by molar-refractivity contribution is 5.82. The van der Waals surface area contributed by atoms with Gasteiger partial charge in [-0.05, 0) is 11.6 Å². The van der Waals surface area contributed by atoms with Gasteiger partial charge < -0.3 is 20.1 Å². The van der Waals surface area contributed by atoms with Crippen LogP contribution in [-0.4, -0.2) is 50.3 Å². The van der Waals surface area contributed by atoms with Crippen molar-refractivity contribution in [3.05, 3.63) is 29.8 Å². The summed E-state index contributed by atoms with van der Waals surface area (Å²) < 4.78 is 10.7. The zero-order valence-corrected chi connectivity index (χ0v) is 11.2. The molecule has 2 rings (SSSR count). The molecule has 1 atom stereocenters. The average Bonchev–Trinajstić information content (AvgIpc) is 2.86. The lowest BCUT2D eigenvalue weighted by atomic mass is 10.1. The Morgan fingerprint density at radius 2 is 2.26 bits per heavy atom. The maximum Gasteiger partial charge on any atom is 0.264 e. The molecule has 0 bridgehead atoms. The van der Waals surface area contributed by atoms with E-state index in [1.165, 1.54) is 0 Å². The first kappa shape index (κ1) is 13.8. The van der Waals surface area contributed by atoms with Crippen molar-refractivity contribution < 1.29 is 14.3 Å². The minimum absolute atomic E-state index is 0.0151. The molecule has 19 heavy (non-hydrogen) atoms. The zero-order chi connectivity index (χ0) is 13.7. The Morgan fingerprint density at radius 3 is 2.95 bits per heavy atom. The molecule has 5 nitrogen and oxygen atoms in total. The van der Waals surface area contributed by atoms with E-state index in [-0.39, 0.29) is 5.91 Å². The summed E-state index contributed by atoms with van der Waals surface area (Å²) >= 11 is 0. The first-order valence-corrected chi connectivity index (χ1v) is 6.48. The number of benzene rings is 1. The maximum atomic E-state index is 12.4. The summed E-state index contributed by atoms with van der Waals surface area (Å²) in [4.78, 5) is 14.1. The summed E-state index contributed by atoms with van der Waals surface area (Å²) in [5, 5.41) is 0. The summed E-state index contributed by atoms with van der Waals surface area (Å²) in [6, 6.07) is 7.75. The predicted octanol–water partition coefficient (Wildman–Crippen LogP) is 0.424. The summed E-state index contributed by atoms with van der Waals surface area (Å²) in [5.74, 6) is 0.791. The van der Waals surface area contributed by atoms with Crippen LogP contribution in [0.15, 0.2) is 24.3 Å². The van der Waals surface area contributed by atoms with Crippen LogP contribution in [0.3, 0.4) is 0 Å². The number of hydrogen-bond acceptors (Lipinski definition) is 4. The van der Waals surface area contributed by atoms with Gasteiger partial charge in [-0.3, -0.25) is 4.79 Å². The number of carbonyl (C=O) groups is 1. The first-order chi connectivity index (χ1) is 9.26. The van der Waals surface area contributed by atoms with Gasteiger partial charge in [-0.1, -0.05) is 18.2 Å². The lowest BCUT2D eigenvalue weighted by molar-refractivity contribution is -0.138. The molecule has 0 fully saturated rings. The highest BCUT2D eigenvalue weighted by atomic mass is 16.5. The topological polar surface area (TPSA) is 64.8 Å². The minimum atomic E-state index is -0.430. The van der Waals surface area contributed by atoms with Gasteiger partial charge in [-0.25, -0.2) is 0 Å². The van der Waals surface area contributed by atoms with Crippen molar-refractivity contribution >= 4 is 5.91 Å². The van der Waals surface area contributed by atoms with Crippen LogP contribution < -0.4 is 10.5 Å². The number of carbonyl (C=O) groups excluding carboxylic acids is 1. The van der Waals surface area contributed by atoms with Crippen LogP contribution in [0.2, 0.25) is 0 Å². The van der Waals surface area contributed by atoms with Crippen molar-refractivity contribution in [1.29, 1.82) is 0 Å². The van der Waals surface area contributed by atoms with Crippen molar-refractivity contribution in [3.63, 3.8) is 0 Å². The third-order valence-corrected chi connectivity index (χ3v) is 3.20. The number of para-hydroxylation sites is 1. The largest absolute Gasteiger partial charge is 0.480 e. The molecule has 1 aromatic rings. The van der Waals surface area contributed by atoms with Gasteiger partial charge in [-0.15, -0.1) is 0 Å². The average molecular weight is 264 g/mol. The number of nitrogens with two attached hydrogens (primary N) is 1. The lowest BCUT2D eigenvalue weighted by Crippen LogP contribution is -2.45. The molecular weight excluding hydrogens is 244 g/mol. The van der Waals surface area contributed by atoms with Gasteiger partial charge in [-0.2, -0.15) is 0 Å². The fourth-order valence-electron chi connectivity index (χ4n) is 2.21. The third kappa shape index (κ3) is 3.24. The van der Waals surface area contributed by atoms with E-state index in [1.54, 1.807) is 12.0 Å². The molecule has 0 radical (unpaired) electrons. The standard InChI is InChI=1S/C14H20N2O3/c1-18-9-8-16(7-6-15)14(17)13-10-11-4-2-3-5-12(11)19-13/h2-5,13H,6-10,15H2,1H3. The monoisotopic (exact) mass is 264 g/mol. The number of hydrogen-bond donors (Lipinski definition) is 1. The normalized spacial score (nSPS) is 16.8. The molecule has 0 saturated heterocycles. The van der Waals surface area contributed by atoms with Crippen LogP contribution in [0.4, 0.5) is 0 Å². The molecule has 0 aliphatic carbocycles. The second-order valence-electron chi connectivity index (χ2n) is 4.53. The molecule has 2 N–H and O–H groups in total. The van der Waals surface area contributed by atoms with Crippen molar-refractivity contribution in [1.82, 2.24) is 4.90 Å². The molecule has 1 aliphatic rings. The van der Waals surface area contributed by atoms with Gasteiger partial charge in [0.2, 0.25) is 0 Å². The third-order valence-electron chi connectivity index (χ3n) is 3.20. The SMILES string of the molecule is COCCN(CCN)C(=O)C1Cc2ccccc2O1. The lowest BCUT2D eigenvalue weighted by Gasteiger charge is -2.24. The number of rotatable bonds is 6. The second-order valence-corrected chi connectivity index (χ2v) is 4.53. The fraction of sp³-hybridized carbons (Fsp3) is 0.500. The van der Waals surface area contributed by atoms with Crippen molar-refractivity contribution in [3.8, 4) is 5.75 Å². The molecule has 0 spiro atoms. The van der Waals surface area contributed by atoms with Gasteiger partial charge in [0.25, 0.3) is 5.91 Å². The highest BCUT2D eigenvalue weighted by Crippen LogP contribution is 2.28. The Bertz CT molecular complexity index is 411. The number of amides is 1. The maximum absolute atomic E-state index is 12.4. The van der Waals surface area contributed by atoms with Crippen LogP contribution >= 0.6 is 0 Å². The summed E-state index contributed by atoms with van der Waals surface area (Å²) in [5.41, 5.74) is 6.63. The van der Waals surface area contributed by atoms with Gasteiger partial charge in [0.05, 0.1) is 6.61 Å². The van der Waals surface area contributed by atoms with Crippen LogP contribution in [0.5, 0.6) is 5.75 Å². The number of ether oxygens (including phenoxy) is 2. The van der Waals surface area contributed by atoms with Crippen LogP contribution in [0.1, 0.15) is 5.56 Å². The van der Waals surface area contributed by atoms with Crippen LogP contribution in [0.25, 0.3) is 0 Å². The van der Waals surface area contributed by atoms with Gasteiger partial charge >= 0.3 is 0 Å². The number of methoxy groups -OCH3 is 1. The molecule has 1 aliphatic heterocycles. The van der Waals surface area contributed by atoms with E-state index in [9.17, 15) is 4.79 Å². The summed E-state index contributed by atoms with van der Waals surface area (Å²) in [6.07, 6.45) is 0.198. The Morgan fingerprint density at radius 1 is 1.47 bits per heavy atom. The smallest absolute Gasteiger partial charge is 0.264 e. The number of fused-ring (bicyclic) bond motifs is 1. The van der Waals surface area contributed by atoms with E-state index in [0.29, 0.717) is 32.7 Å². The van der Waals surface area contributed by atoms with E-state index in [1.807, 2.05) is 24.3 Å². The molecule has 0 saturated carbocycles. The van der Waals surface area contributed by atoms with Gasteiger partial charge in [0, 0.05) is 33.2 Å². The van der Waals surface area contributed by atoms with Gasteiger partial charge in [0.1, 0.15) is 5.75 Å². The minimum Gasteiger partial charge on any atom is -0.480 e. The highest BCUT2D eigenvalue weighted by Gasteiger charge is 2.31. The number of nitrogens with zero attached hydrogens (tertiary/aromatic N) is 1. The van der Waals surface area contributed by atoms with E-state index in [0.717, 1.165) is 11.3 Å². The summed E-state index contributed by atoms with van der Waals surface area (Å²) in [6.45, 7) is 2.02. The second kappa shape index (κ2) is 6.54. The molecular formula is C14H20N2O3. The molecule has 104 valence electrons. The van der Waals surface area contributed by atoms with E-state index in [2.05, 4.69) is 0 Å². The van der Waals surface area contributed by atoms with Crippen LogP contribution in [0, 0.1) is 0 Å². The van der Waals surface area contributed by atoms with E-state index in [4.69, 9.17) is 15.2 Å². The van der Waals surface area contributed by atoms with E-state index >= 15 is 0 Å². The molecule has 1 aromatic carbocycles. The quantitative estimate of drug-likeness (QED) is 0.809. The predicted molar refractivity (Wildman–Crippen MR) is 72.1 cm³/mol. The van der Waals surface area contributed by atoms with Gasteiger partial charge in [0.15, 0.2) is 6.10 Å². The Balaban J connectivity index is 1.99. The van der Waals surface area contributed by atoms with Crippen molar-refractivity contribution in [2.75, 3.05) is 33.4 Å². The van der Waals surface area contributed by atoms with E-state index < -0.39 is 6.10 Å². The Kier molecular flexibility index (Phi) is 4.76. The molecule has 5 heteroatoms. The Labute approximate surface area is 113 Å².